The second-order valence-corrected chi connectivity index (χ2v) is 5.29. The summed E-state index contributed by atoms with van der Waals surface area (Å²) in [4.78, 5) is 24.8. The Kier molecular flexibility index (Phi) is 3.61. The summed E-state index contributed by atoms with van der Waals surface area (Å²) in [5, 5.41) is 2.81. The number of benzene rings is 1. The predicted octanol–water partition coefficient (Wildman–Crippen LogP) is 1.99. The van der Waals surface area contributed by atoms with E-state index in [-0.39, 0.29) is 17.1 Å². The summed E-state index contributed by atoms with van der Waals surface area (Å²) in [7, 11) is 0. The zero-order chi connectivity index (χ0) is 13.3. The quantitative estimate of drug-likeness (QED) is 0.803. The van der Waals surface area contributed by atoms with Gasteiger partial charge in [0.15, 0.2) is 0 Å². The number of hydrogen-bond donors (Lipinski definition) is 2. The maximum atomic E-state index is 11.9. The zero-order valence-corrected chi connectivity index (χ0v) is 11.3. The third kappa shape index (κ3) is 2.67. The fourth-order valence-electron chi connectivity index (χ4n) is 2.08. The van der Waals surface area contributed by atoms with E-state index in [0.717, 1.165) is 11.3 Å². The third-order valence-electron chi connectivity index (χ3n) is 2.86. The highest BCUT2D eigenvalue weighted by atomic mass is 32.1. The number of hydrogen-bond acceptors (Lipinski definition) is 3. The molecule has 0 bridgehead atoms. The molecule has 1 unspecified atom stereocenters. The lowest BCUT2D eigenvalue weighted by atomic mass is 10.1. The SMILES string of the molecule is CC(=O)Nc1ccc(C)cc1N1CC(S)CC1=O. The Labute approximate surface area is 112 Å². The Balaban J connectivity index is 2.38. The molecule has 0 aromatic heterocycles. The van der Waals surface area contributed by atoms with Gasteiger partial charge in [0.2, 0.25) is 11.8 Å². The molecule has 1 aliphatic rings. The second-order valence-electron chi connectivity index (χ2n) is 4.56. The van der Waals surface area contributed by atoms with Crippen molar-refractivity contribution in [1.82, 2.24) is 0 Å². The highest BCUT2D eigenvalue weighted by molar-refractivity contribution is 7.81. The van der Waals surface area contributed by atoms with Gasteiger partial charge in [-0.1, -0.05) is 6.07 Å². The van der Waals surface area contributed by atoms with E-state index in [1.165, 1.54) is 6.92 Å². The minimum Gasteiger partial charge on any atom is -0.325 e. The van der Waals surface area contributed by atoms with Crippen LogP contribution in [0.1, 0.15) is 18.9 Å². The molecule has 1 N–H and O–H groups in total. The molecule has 1 aliphatic heterocycles. The van der Waals surface area contributed by atoms with Crippen LogP contribution in [0.25, 0.3) is 0 Å². The highest BCUT2D eigenvalue weighted by Crippen LogP contribution is 2.31. The van der Waals surface area contributed by atoms with Gasteiger partial charge in [0.25, 0.3) is 0 Å². The first-order valence-electron chi connectivity index (χ1n) is 5.84. The van der Waals surface area contributed by atoms with Crippen molar-refractivity contribution in [3.8, 4) is 0 Å². The van der Waals surface area contributed by atoms with Gasteiger partial charge in [-0.2, -0.15) is 12.6 Å². The molecule has 1 aromatic carbocycles. The van der Waals surface area contributed by atoms with E-state index in [0.29, 0.717) is 18.7 Å². The summed E-state index contributed by atoms with van der Waals surface area (Å²) in [5.41, 5.74) is 2.48. The van der Waals surface area contributed by atoms with Crippen molar-refractivity contribution >= 4 is 35.8 Å². The molecular formula is C13H16N2O2S. The molecule has 0 spiro atoms. The normalized spacial score (nSPS) is 19.2. The average molecular weight is 264 g/mol. The fourth-order valence-corrected chi connectivity index (χ4v) is 2.40. The molecule has 1 saturated heterocycles. The van der Waals surface area contributed by atoms with Gasteiger partial charge in [-0.25, -0.2) is 0 Å². The summed E-state index contributed by atoms with van der Waals surface area (Å²) in [5.74, 6) is -0.0959. The molecule has 1 heterocycles. The lowest BCUT2D eigenvalue weighted by Gasteiger charge is -2.20. The van der Waals surface area contributed by atoms with Gasteiger partial charge in [-0.05, 0) is 24.6 Å². The molecular weight excluding hydrogens is 248 g/mol. The summed E-state index contributed by atoms with van der Waals surface area (Å²) in [6.45, 7) is 3.99. The van der Waals surface area contributed by atoms with E-state index >= 15 is 0 Å². The maximum Gasteiger partial charge on any atom is 0.228 e. The number of nitrogens with zero attached hydrogens (tertiary/aromatic N) is 1. The Morgan fingerprint density at radius 2 is 2.22 bits per heavy atom. The largest absolute Gasteiger partial charge is 0.325 e. The lowest BCUT2D eigenvalue weighted by Crippen LogP contribution is -2.26. The van der Waals surface area contributed by atoms with Crippen molar-refractivity contribution in [3.63, 3.8) is 0 Å². The molecule has 0 aliphatic carbocycles. The molecule has 18 heavy (non-hydrogen) atoms. The topological polar surface area (TPSA) is 49.4 Å². The van der Waals surface area contributed by atoms with Gasteiger partial charge in [-0.3, -0.25) is 9.59 Å². The van der Waals surface area contributed by atoms with E-state index < -0.39 is 0 Å². The molecule has 1 atom stereocenters. The van der Waals surface area contributed by atoms with Gasteiger partial charge in [0.1, 0.15) is 0 Å². The van der Waals surface area contributed by atoms with Crippen LogP contribution in [0, 0.1) is 6.92 Å². The van der Waals surface area contributed by atoms with Gasteiger partial charge in [-0.15, -0.1) is 0 Å². The van der Waals surface area contributed by atoms with Crippen LogP contribution in [0.3, 0.4) is 0 Å². The number of anilines is 2. The standard InChI is InChI=1S/C13H16N2O2S/c1-8-3-4-11(14-9(2)16)12(5-8)15-7-10(18)6-13(15)17/h3-5,10,18H,6-7H2,1-2H3,(H,14,16). The Hall–Kier alpha value is -1.49. The molecule has 1 fully saturated rings. The van der Waals surface area contributed by atoms with Crippen LogP contribution >= 0.6 is 12.6 Å². The third-order valence-corrected chi connectivity index (χ3v) is 3.21. The van der Waals surface area contributed by atoms with Crippen LogP contribution in [0.2, 0.25) is 0 Å². The second kappa shape index (κ2) is 5.02. The first-order valence-corrected chi connectivity index (χ1v) is 6.35. The Bertz CT molecular complexity index is 502. The molecule has 2 rings (SSSR count). The summed E-state index contributed by atoms with van der Waals surface area (Å²) >= 11 is 4.34. The number of amides is 2. The molecule has 5 heteroatoms. The van der Waals surface area contributed by atoms with Crippen molar-refractivity contribution in [2.24, 2.45) is 0 Å². The minimum absolute atomic E-state index is 0.0483. The van der Waals surface area contributed by atoms with E-state index in [2.05, 4.69) is 17.9 Å². The van der Waals surface area contributed by atoms with Gasteiger partial charge < -0.3 is 10.2 Å². The van der Waals surface area contributed by atoms with E-state index in [4.69, 9.17) is 0 Å². The summed E-state index contributed by atoms with van der Waals surface area (Å²) in [6.07, 6.45) is 0.441. The summed E-state index contributed by atoms with van der Waals surface area (Å²) < 4.78 is 0. The zero-order valence-electron chi connectivity index (χ0n) is 10.4. The van der Waals surface area contributed by atoms with Crippen molar-refractivity contribution in [2.45, 2.75) is 25.5 Å². The number of nitrogens with one attached hydrogen (secondary N) is 1. The van der Waals surface area contributed by atoms with E-state index in [9.17, 15) is 9.59 Å². The van der Waals surface area contributed by atoms with Gasteiger partial charge in [0, 0.05) is 25.1 Å². The van der Waals surface area contributed by atoms with Crippen LogP contribution < -0.4 is 10.2 Å². The van der Waals surface area contributed by atoms with Crippen molar-refractivity contribution in [1.29, 1.82) is 0 Å². The van der Waals surface area contributed by atoms with Crippen molar-refractivity contribution < 1.29 is 9.59 Å². The minimum atomic E-state index is -0.144. The molecule has 1 aromatic rings. The monoisotopic (exact) mass is 264 g/mol. The maximum absolute atomic E-state index is 11.9. The number of rotatable bonds is 2. The molecule has 0 saturated carbocycles. The number of carbonyl (C=O) groups is 2. The Morgan fingerprint density at radius 1 is 1.50 bits per heavy atom. The van der Waals surface area contributed by atoms with Crippen LogP contribution in [0.5, 0.6) is 0 Å². The smallest absolute Gasteiger partial charge is 0.228 e. The number of carbonyl (C=O) groups excluding carboxylic acids is 2. The number of thiol groups is 1. The summed E-state index contributed by atoms with van der Waals surface area (Å²) in [6, 6.07) is 5.65. The van der Waals surface area contributed by atoms with Crippen molar-refractivity contribution in [3.05, 3.63) is 23.8 Å². The predicted molar refractivity (Wildman–Crippen MR) is 75.2 cm³/mol. The van der Waals surface area contributed by atoms with Crippen LogP contribution in [0.15, 0.2) is 18.2 Å². The van der Waals surface area contributed by atoms with Crippen LogP contribution in [0.4, 0.5) is 11.4 Å². The first-order chi connectivity index (χ1) is 8.47. The van der Waals surface area contributed by atoms with E-state index in [1.54, 1.807) is 4.90 Å². The van der Waals surface area contributed by atoms with Gasteiger partial charge >= 0.3 is 0 Å². The van der Waals surface area contributed by atoms with Gasteiger partial charge in [0.05, 0.1) is 11.4 Å². The fraction of sp³-hybridized carbons (Fsp3) is 0.385. The van der Waals surface area contributed by atoms with Crippen molar-refractivity contribution in [2.75, 3.05) is 16.8 Å². The molecule has 0 radical (unpaired) electrons. The molecule has 96 valence electrons. The first kappa shape index (κ1) is 13.0. The number of aryl methyl sites for hydroxylation is 1. The highest BCUT2D eigenvalue weighted by Gasteiger charge is 2.29. The molecule has 2 amide bonds. The Morgan fingerprint density at radius 3 is 2.78 bits per heavy atom. The van der Waals surface area contributed by atoms with Crippen LogP contribution in [-0.2, 0) is 9.59 Å². The van der Waals surface area contributed by atoms with E-state index in [1.807, 2.05) is 25.1 Å². The van der Waals surface area contributed by atoms with Crippen LogP contribution in [-0.4, -0.2) is 23.6 Å². The average Bonchev–Trinajstić information content (AvgIpc) is 2.60. The lowest BCUT2D eigenvalue weighted by molar-refractivity contribution is -0.117. The molecule has 4 nitrogen and oxygen atoms in total.